The van der Waals surface area contributed by atoms with Gasteiger partial charge in [-0.2, -0.15) is 0 Å². The van der Waals surface area contributed by atoms with E-state index >= 15 is 0 Å². The van der Waals surface area contributed by atoms with Crippen LogP contribution in [-0.4, -0.2) is 88.2 Å². The number of carbonyl (C=O) groups is 6. The fourth-order valence-corrected chi connectivity index (χ4v) is 1.91. The first-order valence-electron chi connectivity index (χ1n) is 8.10. The summed E-state index contributed by atoms with van der Waals surface area (Å²) in [4.78, 5) is 69.2. The van der Waals surface area contributed by atoms with Crippen molar-refractivity contribution in [2.24, 2.45) is 17.2 Å². The van der Waals surface area contributed by atoms with Crippen molar-refractivity contribution in [1.29, 1.82) is 0 Å². The van der Waals surface area contributed by atoms with E-state index in [0.717, 1.165) is 0 Å². The maximum atomic E-state index is 12.2. The van der Waals surface area contributed by atoms with Gasteiger partial charge >= 0.3 is 5.97 Å². The Morgan fingerprint density at radius 3 is 1.52 bits per heavy atom. The molecule has 0 saturated carbocycles. The van der Waals surface area contributed by atoms with Gasteiger partial charge in [-0.05, 0) is 0 Å². The first-order valence-corrected chi connectivity index (χ1v) is 8.10. The van der Waals surface area contributed by atoms with E-state index in [4.69, 9.17) is 27.4 Å². The molecular formula is C14H24N6O9. The number of primary amides is 2. The largest absolute Gasteiger partial charge is 0.480 e. The van der Waals surface area contributed by atoms with Gasteiger partial charge in [0.25, 0.3) is 0 Å². The van der Waals surface area contributed by atoms with Crippen molar-refractivity contribution in [1.82, 2.24) is 16.0 Å². The van der Waals surface area contributed by atoms with Crippen LogP contribution in [0.2, 0.25) is 0 Å². The third kappa shape index (κ3) is 9.45. The van der Waals surface area contributed by atoms with E-state index < -0.39 is 85.7 Å². The first kappa shape index (κ1) is 25.7. The van der Waals surface area contributed by atoms with Crippen LogP contribution in [-0.2, 0) is 28.8 Å². The monoisotopic (exact) mass is 420 g/mol. The van der Waals surface area contributed by atoms with Crippen LogP contribution in [0.3, 0.4) is 0 Å². The fourth-order valence-electron chi connectivity index (χ4n) is 1.91. The van der Waals surface area contributed by atoms with Crippen LogP contribution in [0, 0.1) is 0 Å². The second-order valence-electron chi connectivity index (χ2n) is 5.83. The maximum absolute atomic E-state index is 12.2. The number of aliphatic hydroxyl groups is 2. The van der Waals surface area contributed by atoms with Crippen LogP contribution in [0.1, 0.15) is 12.8 Å². The Bertz CT molecular complexity index is 655. The number of aliphatic carboxylic acids is 1. The number of amides is 5. The van der Waals surface area contributed by atoms with Crippen molar-refractivity contribution in [2.75, 3.05) is 13.2 Å². The molecule has 12 N–H and O–H groups in total. The number of aliphatic hydroxyl groups excluding tert-OH is 2. The number of hydrogen-bond acceptors (Lipinski definition) is 9. The summed E-state index contributed by atoms with van der Waals surface area (Å²) in [6, 6.07) is -6.41. The summed E-state index contributed by atoms with van der Waals surface area (Å²) in [5.41, 5.74) is 15.2. The lowest BCUT2D eigenvalue weighted by atomic mass is 10.1. The van der Waals surface area contributed by atoms with Gasteiger partial charge in [0, 0.05) is 0 Å². The van der Waals surface area contributed by atoms with Crippen LogP contribution < -0.4 is 33.2 Å². The van der Waals surface area contributed by atoms with Crippen molar-refractivity contribution < 1.29 is 44.1 Å². The van der Waals surface area contributed by atoms with Gasteiger partial charge in [0.2, 0.25) is 29.5 Å². The molecule has 0 aliphatic heterocycles. The maximum Gasteiger partial charge on any atom is 0.326 e. The Labute approximate surface area is 164 Å². The number of carbonyl (C=O) groups excluding carboxylic acids is 5. The Balaban J connectivity index is 5.29. The molecule has 4 atom stereocenters. The molecule has 4 unspecified atom stereocenters. The summed E-state index contributed by atoms with van der Waals surface area (Å²) >= 11 is 0. The lowest BCUT2D eigenvalue weighted by Gasteiger charge is -2.23. The number of nitrogens with two attached hydrogens (primary N) is 3. The predicted octanol–water partition coefficient (Wildman–Crippen LogP) is -6.41. The molecular weight excluding hydrogens is 396 g/mol. The average molecular weight is 420 g/mol. The second-order valence-corrected chi connectivity index (χ2v) is 5.83. The Hall–Kier alpha value is -3.30. The molecule has 5 amide bonds. The lowest BCUT2D eigenvalue weighted by molar-refractivity contribution is -0.144. The van der Waals surface area contributed by atoms with Gasteiger partial charge in [-0.1, -0.05) is 0 Å². The highest BCUT2D eigenvalue weighted by Gasteiger charge is 2.31. The Morgan fingerprint density at radius 1 is 0.690 bits per heavy atom. The number of carboxylic acids is 1. The van der Waals surface area contributed by atoms with Crippen molar-refractivity contribution in [2.45, 2.75) is 37.0 Å². The third-order valence-electron chi connectivity index (χ3n) is 3.41. The zero-order valence-corrected chi connectivity index (χ0v) is 15.2. The molecule has 0 spiro atoms. The molecule has 0 rings (SSSR count). The molecule has 164 valence electrons. The fraction of sp³-hybridized carbons (Fsp3) is 0.571. The Kier molecular flexibility index (Phi) is 10.8. The summed E-state index contributed by atoms with van der Waals surface area (Å²) in [5.74, 6) is -6.96. The molecule has 0 saturated heterocycles. The van der Waals surface area contributed by atoms with E-state index in [2.05, 4.69) is 0 Å². The molecule has 0 aromatic carbocycles. The number of hydrogen-bond donors (Lipinski definition) is 9. The van der Waals surface area contributed by atoms with Crippen molar-refractivity contribution in [3.05, 3.63) is 0 Å². The third-order valence-corrected chi connectivity index (χ3v) is 3.41. The van der Waals surface area contributed by atoms with Gasteiger partial charge in [-0.3, -0.25) is 24.0 Å². The summed E-state index contributed by atoms with van der Waals surface area (Å²) in [6.07, 6.45) is -1.52. The first-order chi connectivity index (χ1) is 13.4. The topological polar surface area (TPSA) is 277 Å². The van der Waals surface area contributed by atoms with E-state index in [1.807, 2.05) is 16.0 Å². The molecule has 0 bridgehead atoms. The van der Waals surface area contributed by atoms with Crippen molar-refractivity contribution in [3.63, 3.8) is 0 Å². The molecule has 0 aliphatic carbocycles. The highest BCUT2D eigenvalue weighted by Crippen LogP contribution is 1.99. The highest BCUT2D eigenvalue weighted by molar-refractivity contribution is 5.96. The Morgan fingerprint density at radius 2 is 1.10 bits per heavy atom. The van der Waals surface area contributed by atoms with Crippen LogP contribution in [0.4, 0.5) is 0 Å². The standard InChI is InChI=1S/C14H24N6O9/c15-5(3-21)11(25)20-8(4-22)13(27)18-6(1-9(16)23)12(26)19-7(14(28)29)2-10(17)24/h5-8,21-22H,1-4,15H2,(H2,16,23)(H2,17,24)(H,18,27)(H,19,26)(H,20,25)(H,28,29). The molecule has 29 heavy (non-hydrogen) atoms. The van der Waals surface area contributed by atoms with E-state index in [9.17, 15) is 33.9 Å². The summed E-state index contributed by atoms with van der Waals surface area (Å²) in [5, 5.41) is 33.0. The van der Waals surface area contributed by atoms with Gasteiger partial charge in [0.05, 0.1) is 26.1 Å². The van der Waals surface area contributed by atoms with Crippen LogP contribution in [0.15, 0.2) is 0 Å². The zero-order valence-electron chi connectivity index (χ0n) is 15.2. The molecule has 0 aromatic heterocycles. The summed E-state index contributed by atoms with van der Waals surface area (Å²) in [7, 11) is 0. The van der Waals surface area contributed by atoms with Crippen LogP contribution in [0.5, 0.6) is 0 Å². The highest BCUT2D eigenvalue weighted by atomic mass is 16.4. The van der Waals surface area contributed by atoms with Gasteiger partial charge in [-0.15, -0.1) is 0 Å². The van der Waals surface area contributed by atoms with Gasteiger partial charge < -0.3 is 48.5 Å². The minimum Gasteiger partial charge on any atom is -0.480 e. The van der Waals surface area contributed by atoms with Crippen LogP contribution >= 0.6 is 0 Å². The van der Waals surface area contributed by atoms with Crippen molar-refractivity contribution >= 4 is 35.5 Å². The quantitative estimate of drug-likeness (QED) is 0.136. The smallest absolute Gasteiger partial charge is 0.326 e. The SMILES string of the molecule is NC(=O)CC(NC(=O)C(CC(N)=O)NC(=O)C(CO)NC(=O)C(N)CO)C(=O)O. The second kappa shape index (κ2) is 12.2. The summed E-state index contributed by atoms with van der Waals surface area (Å²) < 4.78 is 0. The lowest BCUT2D eigenvalue weighted by Crippen LogP contribution is -2.59. The normalized spacial score (nSPS) is 14.6. The van der Waals surface area contributed by atoms with E-state index in [0.29, 0.717) is 0 Å². The number of carboxylic acid groups (broad SMARTS) is 1. The van der Waals surface area contributed by atoms with E-state index in [1.165, 1.54) is 0 Å². The molecule has 0 aliphatic rings. The van der Waals surface area contributed by atoms with E-state index in [-0.39, 0.29) is 0 Å². The van der Waals surface area contributed by atoms with Gasteiger partial charge in [0.15, 0.2) is 0 Å². The zero-order chi connectivity index (χ0) is 22.7. The molecule has 0 radical (unpaired) electrons. The molecule has 0 fully saturated rings. The van der Waals surface area contributed by atoms with Gasteiger partial charge in [0.1, 0.15) is 24.2 Å². The number of nitrogens with one attached hydrogen (secondary N) is 3. The molecule has 0 aromatic rings. The molecule has 15 nitrogen and oxygen atoms in total. The average Bonchev–Trinajstić information content (AvgIpc) is 2.62. The molecule has 0 heterocycles. The summed E-state index contributed by atoms with van der Waals surface area (Å²) in [6.45, 7) is -1.67. The van der Waals surface area contributed by atoms with Crippen molar-refractivity contribution in [3.8, 4) is 0 Å². The number of rotatable bonds is 13. The molecule has 15 heteroatoms. The van der Waals surface area contributed by atoms with Crippen LogP contribution in [0.25, 0.3) is 0 Å². The van der Waals surface area contributed by atoms with E-state index in [1.54, 1.807) is 0 Å². The minimum absolute atomic E-state index is 0.741. The van der Waals surface area contributed by atoms with Gasteiger partial charge in [-0.25, -0.2) is 4.79 Å². The predicted molar refractivity (Wildman–Crippen MR) is 93.2 cm³/mol. The minimum atomic E-state index is -1.73.